The van der Waals surface area contributed by atoms with Crippen molar-refractivity contribution in [2.45, 2.75) is 20.0 Å². The summed E-state index contributed by atoms with van der Waals surface area (Å²) >= 11 is 0. The highest BCUT2D eigenvalue weighted by atomic mass is 19.1. The summed E-state index contributed by atoms with van der Waals surface area (Å²) in [4.78, 5) is 25.1. The first-order valence-corrected chi connectivity index (χ1v) is 7.90. The average molecular weight is 340 g/mol. The number of para-hydroxylation sites is 1. The smallest absolute Gasteiger partial charge is 0.267 e. The van der Waals surface area contributed by atoms with Crippen molar-refractivity contribution in [2.75, 3.05) is 0 Å². The van der Waals surface area contributed by atoms with Crippen molar-refractivity contribution in [1.29, 1.82) is 0 Å². The van der Waals surface area contributed by atoms with E-state index in [2.05, 4.69) is 5.32 Å². The molecule has 0 bridgehead atoms. The normalized spacial score (nSPS) is 10.8. The average Bonchev–Trinajstić information content (AvgIpc) is 2.60. The summed E-state index contributed by atoms with van der Waals surface area (Å²) in [6.45, 7) is 2.21. The van der Waals surface area contributed by atoms with Gasteiger partial charge in [-0.1, -0.05) is 24.3 Å². The first-order valence-electron chi connectivity index (χ1n) is 7.90. The summed E-state index contributed by atoms with van der Waals surface area (Å²) in [5, 5.41) is 13.4. The molecule has 128 valence electrons. The van der Waals surface area contributed by atoms with Crippen LogP contribution in [0.2, 0.25) is 0 Å². The van der Waals surface area contributed by atoms with Gasteiger partial charge in [-0.25, -0.2) is 4.39 Å². The number of benzene rings is 2. The SMILES string of the molecule is CCn1c(=O)c(C(=O)NCc2cccc(F)c2)c(O)c2ccccc21. The standard InChI is InChI=1S/C19H17FN2O3/c1-2-22-15-9-4-3-8-14(15)17(23)16(19(22)25)18(24)21-11-12-6-5-7-13(20)10-12/h3-10,23H,2,11H2,1H3,(H,21,24). The number of halogens is 1. The van der Waals surface area contributed by atoms with Gasteiger partial charge in [-0.15, -0.1) is 0 Å². The van der Waals surface area contributed by atoms with Gasteiger partial charge in [0.05, 0.1) is 5.52 Å². The predicted molar refractivity (Wildman–Crippen MR) is 93.1 cm³/mol. The van der Waals surface area contributed by atoms with Crippen molar-refractivity contribution < 1.29 is 14.3 Å². The molecule has 1 aromatic heterocycles. The molecule has 0 spiro atoms. The van der Waals surface area contributed by atoms with Crippen molar-refractivity contribution in [3.8, 4) is 5.75 Å². The van der Waals surface area contributed by atoms with Gasteiger partial charge < -0.3 is 15.0 Å². The zero-order chi connectivity index (χ0) is 18.0. The molecule has 0 atom stereocenters. The number of aryl methyl sites for hydroxylation is 1. The Balaban J connectivity index is 2.00. The van der Waals surface area contributed by atoms with Crippen LogP contribution in [0.4, 0.5) is 4.39 Å². The summed E-state index contributed by atoms with van der Waals surface area (Å²) in [5.41, 5.74) is 0.256. The highest BCUT2D eigenvalue weighted by Crippen LogP contribution is 2.26. The fourth-order valence-electron chi connectivity index (χ4n) is 2.83. The molecule has 2 N–H and O–H groups in total. The third-order valence-electron chi connectivity index (χ3n) is 4.03. The van der Waals surface area contributed by atoms with Crippen LogP contribution in [0.25, 0.3) is 10.9 Å². The number of aromatic hydroxyl groups is 1. The van der Waals surface area contributed by atoms with Gasteiger partial charge in [0.25, 0.3) is 11.5 Å². The lowest BCUT2D eigenvalue weighted by atomic mass is 10.1. The van der Waals surface area contributed by atoms with Crippen LogP contribution in [0.5, 0.6) is 5.75 Å². The molecule has 0 saturated carbocycles. The molecule has 2 aromatic carbocycles. The van der Waals surface area contributed by atoms with Gasteiger partial charge in [0.1, 0.15) is 17.1 Å². The summed E-state index contributed by atoms with van der Waals surface area (Å²) < 4.78 is 14.6. The van der Waals surface area contributed by atoms with Crippen LogP contribution in [0.1, 0.15) is 22.8 Å². The Hall–Kier alpha value is -3.15. The highest BCUT2D eigenvalue weighted by molar-refractivity contribution is 6.02. The predicted octanol–water partition coefficient (Wildman–Crippen LogP) is 2.80. The number of nitrogens with zero attached hydrogens (tertiary/aromatic N) is 1. The molecule has 0 fully saturated rings. The lowest BCUT2D eigenvalue weighted by Crippen LogP contribution is -2.33. The first kappa shape index (κ1) is 16.7. The maximum atomic E-state index is 13.2. The van der Waals surface area contributed by atoms with Gasteiger partial charge in [0.2, 0.25) is 0 Å². The van der Waals surface area contributed by atoms with Crippen LogP contribution in [0.3, 0.4) is 0 Å². The third-order valence-corrected chi connectivity index (χ3v) is 4.03. The van der Waals surface area contributed by atoms with Crippen molar-refractivity contribution in [3.05, 3.63) is 75.8 Å². The quantitative estimate of drug-likeness (QED) is 0.767. The molecule has 3 aromatic rings. The van der Waals surface area contributed by atoms with Gasteiger partial charge in [-0.2, -0.15) is 0 Å². The second-order valence-corrected chi connectivity index (χ2v) is 5.60. The molecular formula is C19H17FN2O3. The van der Waals surface area contributed by atoms with Gasteiger partial charge in [-0.05, 0) is 36.8 Å². The summed E-state index contributed by atoms with van der Waals surface area (Å²) in [7, 11) is 0. The van der Waals surface area contributed by atoms with E-state index in [1.165, 1.54) is 22.8 Å². The number of rotatable bonds is 4. The summed E-state index contributed by atoms with van der Waals surface area (Å²) in [6, 6.07) is 12.7. The number of fused-ring (bicyclic) bond motifs is 1. The van der Waals surface area contributed by atoms with Crippen LogP contribution in [0.15, 0.2) is 53.3 Å². The van der Waals surface area contributed by atoms with Crippen molar-refractivity contribution >= 4 is 16.8 Å². The molecule has 0 aliphatic heterocycles. The lowest BCUT2D eigenvalue weighted by molar-refractivity contribution is 0.0946. The Morgan fingerprint density at radius 3 is 2.68 bits per heavy atom. The molecular weight excluding hydrogens is 323 g/mol. The molecule has 25 heavy (non-hydrogen) atoms. The number of aromatic nitrogens is 1. The van der Waals surface area contributed by atoms with E-state index < -0.39 is 17.3 Å². The van der Waals surface area contributed by atoms with Gasteiger partial charge in [0, 0.05) is 18.5 Å². The molecule has 0 aliphatic carbocycles. The number of nitrogens with one attached hydrogen (secondary N) is 1. The molecule has 3 rings (SSSR count). The van der Waals surface area contributed by atoms with E-state index in [1.54, 1.807) is 37.3 Å². The zero-order valence-electron chi connectivity index (χ0n) is 13.6. The van der Waals surface area contributed by atoms with Crippen LogP contribution in [0, 0.1) is 5.82 Å². The first-order chi connectivity index (χ1) is 12.0. The van der Waals surface area contributed by atoms with E-state index in [1.807, 2.05) is 0 Å². The number of carbonyl (C=O) groups excluding carboxylic acids is 1. The number of hydrogen-bond acceptors (Lipinski definition) is 3. The number of carbonyl (C=O) groups is 1. The number of pyridine rings is 1. The third kappa shape index (κ3) is 3.10. The molecule has 5 nitrogen and oxygen atoms in total. The monoisotopic (exact) mass is 340 g/mol. The fourth-order valence-corrected chi connectivity index (χ4v) is 2.83. The van der Waals surface area contributed by atoms with E-state index in [0.717, 1.165) is 0 Å². The van der Waals surface area contributed by atoms with E-state index in [-0.39, 0.29) is 17.9 Å². The Labute approximate surface area is 143 Å². The van der Waals surface area contributed by atoms with Crippen molar-refractivity contribution in [3.63, 3.8) is 0 Å². The van der Waals surface area contributed by atoms with E-state index in [4.69, 9.17) is 0 Å². The number of amides is 1. The Morgan fingerprint density at radius 2 is 1.96 bits per heavy atom. The topological polar surface area (TPSA) is 71.3 Å². The largest absolute Gasteiger partial charge is 0.506 e. The molecule has 6 heteroatoms. The Bertz CT molecular complexity index is 1010. The molecule has 0 aliphatic rings. The second kappa shape index (κ2) is 6.76. The van der Waals surface area contributed by atoms with Gasteiger partial charge in [-0.3, -0.25) is 9.59 Å². The lowest BCUT2D eigenvalue weighted by Gasteiger charge is -2.13. The molecule has 1 heterocycles. The van der Waals surface area contributed by atoms with Gasteiger partial charge >= 0.3 is 0 Å². The van der Waals surface area contributed by atoms with Crippen LogP contribution in [-0.4, -0.2) is 15.6 Å². The molecule has 1 amide bonds. The minimum atomic E-state index is -0.695. The van der Waals surface area contributed by atoms with Crippen LogP contribution < -0.4 is 10.9 Å². The minimum absolute atomic E-state index is 0.0500. The molecule has 0 saturated heterocycles. The van der Waals surface area contributed by atoms with Crippen LogP contribution in [-0.2, 0) is 13.1 Å². The Kier molecular flexibility index (Phi) is 4.52. The fraction of sp³-hybridized carbons (Fsp3) is 0.158. The molecule has 0 radical (unpaired) electrons. The summed E-state index contributed by atoms with van der Waals surface area (Å²) in [5.74, 6) is -1.45. The zero-order valence-corrected chi connectivity index (χ0v) is 13.6. The molecule has 0 unspecified atom stereocenters. The summed E-state index contributed by atoms with van der Waals surface area (Å²) in [6.07, 6.45) is 0. The Morgan fingerprint density at radius 1 is 1.20 bits per heavy atom. The van der Waals surface area contributed by atoms with E-state index in [9.17, 15) is 19.1 Å². The highest BCUT2D eigenvalue weighted by Gasteiger charge is 2.21. The maximum absolute atomic E-state index is 13.2. The van der Waals surface area contributed by atoms with E-state index >= 15 is 0 Å². The second-order valence-electron chi connectivity index (χ2n) is 5.60. The van der Waals surface area contributed by atoms with E-state index in [0.29, 0.717) is 23.0 Å². The minimum Gasteiger partial charge on any atom is -0.506 e. The number of hydrogen-bond donors (Lipinski definition) is 2. The van der Waals surface area contributed by atoms with Crippen LogP contribution >= 0.6 is 0 Å². The maximum Gasteiger partial charge on any atom is 0.267 e. The van der Waals surface area contributed by atoms with Crippen molar-refractivity contribution in [2.24, 2.45) is 0 Å². The van der Waals surface area contributed by atoms with Crippen molar-refractivity contribution in [1.82, 2.24) is 9.88 Å². The van der Waals surface area contributed by atoms with Gasteiger partial charge in [0.15, 0.2) is 0 Å².